The fourth-order valence-corrected chi connectivity index (χ4v) is 3.84. The second kappa shape index (κ2) is 8.10. The molecule has 0 spiro atoms. The van der Waals surface area contributed by atoms with Crippen LogP contribution in [0, 0.1) is 5.82 Å². The van der Waals surface area contributed by atoms with Crippen LogP contribution in [-0.2, 0) is 6.18 Å². The molecule has 4 atom stereocenters. The van der Waals surface area contributed by atoms with Crippen molar-refractivity contribution < 1.29 is 32.5 Å². The first-order valence-corrected chi connectivity index (χ1v) is 9.47. The van der Waals surface area contributed by atoms with Gasteiger partial charge in [-0.2, -0.15) is 13.2 Å². The Hall–Kier alpha value is -2.11. The quantitative estimate of drug-likeness (QED) is 0.737. The molecular formula is C17H17F4N3O3S. The SMILES string of the molecule is CSC1[C@H](Oc2cccc(C(F)(F)F)n2)[C@@H](O)[C@@H](O)CN1c1ccc(F)cn1. The molecule has 152 valence electrons. The van der Waals surface area contributed by atoms with Crippen molar-refractivity contribution in [2.45, 2.75) is 29.9 Å². The fourth-order valence-electron chi connectivity index (χ4n) is 2.91. The molecule has 2 aromatic rings. The van der Waals surface area contributed by atoms with Crippen LogP contribution in [0.4, 0.5) is 23.4 Å². The van der Waals surface area contributed by atoms with E-state index in [0.717, 1.165) is 18.3 Å². The molecule has 11 heteroatoms. The van der Waals surface area contributed by atoms with Gasteiger partial charge in [0.15, 0.2) is 6.10 Å². The van der Waals surface area contributed by atoms with Crippen molar-refractivity contribution in [3.8, 4) is 5.88 Å². The topological polar surface area (TPSA) is 78.7 Å². The molecule has 1 aliphatic rings. The van der Waals surface area contributed by atoms with Crippen molar-refractivity contribution in [3.63, 3.8) is 0 Å². The van der Waals surface area contributed by atoms with E-state index in [0.29, 0.717) is 5.82 Å². The van der Waals surface area contributed by atoms with E-state index in [9.17, 15) is 27.8 Å². The van der Waals surface area contributed by atoms with Gasteiger partial charge >= 0.3 is 6.18 Å². The van der Waals surface area contributed by atoms with Crippen molar-refractivity contribution in [2.75, 3.05) is 17.7 Å². The maximum absolute atomic E-state index is 13.2. The molecule has 0 saturated carbocycles. The van der Waals surface area contributed by atoms with Crippen molar-refractivity contribution in [1.82, 2.24) is 9.97 Å². The molecule has 3 rings (SSSR count). The summed E-state index contributed by atoms with van der Waals surface area (Å²) in [5, 5.41) is 20.0. The first-order chi connectivity index (χ1) is 13.2. The molecule has 0 radical (unpaired) electrons. The first-order valence-electron chi connectivity index (χ1n) is 8.18. The number of thioether (sulfide) groups is 1. The fraction of sp³-hybridized carbons (Fsp3) is 0.412. The molecule has 6 nitrogen and oxygen atoms in total. The van der Waals surface area contributed by atoms with Crippen molar-refractivity contribution in [1.29, 1.82) is 0 Å². The molecule has 3 heterocycles. The van der Waals surface area contributed by atoms with Crippen LogP contribution in [0.2, 0.25) is 0 Å². The number of alkyl halides is 3. The molecule has 2 N–H and O–H groups in total. The van der Waals surface area contributed by atoms with Crippen LogP contribution in [0.3, 0.4) is 0 Å². The van der Waals surface area contributed by atoms with E-state index in [1.165, 1.54) is 30.0 Å². The molecule has 0 bridgehead atoms. The molecule has 1 aliphatic heterocycles. The standard InChI is InChI=1S/C17H17F4N3O3S/c1-28-16-15(27-13-4-2-3-11(23-13)17(19,20)21)14(26)10(25)8-24(16)12-6-5-9(18)7-22-12/h2-7,10,14-16,25-26H,8H2,1H3/t10-,14-,15+,16?/m0/s1. The number of halogens is 4. The van der Waals surface area contributed by atoms with Gasteiger partial charge in [0.1, 0.15) is 34.9 Å². The van der Waals surface area contributed by atoms with Gasteiger partial charge in [-0.15, -0.1) is 11.8 Å². The predicted molar refractivity (Wildman–Crippen MR) is 94.5 cm³/mol. The van der Waals surface area contributed by atoms with E-state index in [1.807, 2.05) is 0 Å². The number of pyridine rings is 2. The number of β-amino-alcohol motifs (C(OH)–C–C–N with tert-alkyl or cyclic N) is 1. The van der Waals surface area contributed by atoms with Gasteiger partial charge in [-0.1, -0.05) is 6.07 Å². The molecule has 0 aliphatic carbocycles. The Morgan fingerprint density at radius 1 is 1.21 bits per heavy atom. The highest BCUT2D eigenvalue weighted by Crippen LogP contribution is 2.33. The molecule has 0 amide bonds. The van der Waals surface area contributed by atoms with E-state index in [-0.39, 0.29) is 12.4 Å². The monoisotopic (exact) mass is 419 g/mol. The van der Waals surface area contributed by atoms with Gasteiger partial charge in [-0.25, -0.2) is 14.4 Å². The highest BCUT2D eigenvalue weighted by molar-refractivity contribution is 7.99. The number of hydrogen-bond acceptors (Lipinski definition) is 7. The number of anilines is 1. The largest absolute Gasteiger partial charge is 0.468 e. The Morgan fingerprint density at radius 3 is 2.57 bits per heavy atom. The number of hydrogen-bond donors (Lipinski definition) is 2. The number of aliphatic hydroxyl groups is 2. The minimum atomic E-state index is -4.65. The van der Waals surface area contributed by atoms with Gasteiger partial charge in [-0.3, -0.25) is 0 Å². The van der Waals surface area contributed by atoms with Gasteiger partial charge < -0.3 is 19.8 Å². The molecule has 1 fully saturated rings. The van der Waals surface area contributed by atoms with Crippen LogP contribution >= 0.6 is 11.8 Å². The minimum absolute atomic E-state index is 0.0127. The second-order valence-electron chi connectivity index (χ2n) is 6.11. The predicted octanol–water partition coefficient (Wildman–Crippen LogP) is 2.31. The Balaban J connectivity index is 1.90. The Morgan fingerprint density at radius 2 is 1.96 bits per heavy atom. The highest BCUT2D eigenvalue weighted by atomic mass is 32.2. The third-order valence-electron chi connectivity index (χ3n) is 4.22. The summed E-state index contributed by atoms with van der Waals surface area (Å²) in [6.07, 6.45) is -5.67. The number of rotatable bonds is 4. The van der Waals surface area contributed by atoms with Crippen LogP contribution in [0.25, 0.3) is 0 Å². The Bertz CT molecular complexity index is 809. The normalized spacial score (nSPS) is 25.6. The van der Waals surface area contributed by atoms with Gasteiger partial charge in [0.05, 0.1) is 6.20 Å². The lowest BCUT2D eigenvalue weighted by molar-refractivity contribution is -0.141. The smallest absolute Gasteiger partial charge is 0.433 e. The van der Waals surface area contributed by atoms with E-state index >= 15 is 0 Å². The van der Waals surface area contributed by atoms with Crippen LogP contribution in [-0.4, -0.2) is 56.7 Å². The highest BCUT2D eigenvalue weighted by Gasteiger charge is 2.44. The van der Waals surface area contributed by atoms with Gasteiger partial charge in [0.25, 0.3) is 0 Å². The maximum Gasteiger partial charge on any atom is 0.433 e. The Kier molecular flexibility index (Phi) is 5.96. The minimum Gasteiger partial charge on any atom is -0.468 e. The van der Waals surface area contributed by atoms with Gasteiger partial charge in [-0.05, 0) is 24.5 Å². The summed E-state index contributed by atoms with van der Waals surface area (Å²) in [4.78, 5) is 9.01. The summed E-state index contributed by atoms with van der Waals surface area (Å²) in [6.45, 7) is -0.0127. The van der Waals surface area contributed by atoms with Gasteiger partial charge in [0, 0.05) is 12.6 Å². The number of ether oxygens (including phenoxy) is 1. The molecule has 2 aromatic heterocycles. The number of aromatic nitrogens is 2. The number of piperidine rings is 1. The van der Waals surface area contributed by atoms with Gasteiger partial charge in [0.2, 0.25) is 5.88 Å². The molecule has 28 heavy (non-hydrogen) atoms. The number of nitrogens with zero attached hydrogens (tertiary/aromatic N) is 3. The lowest BCUT2D eigenvalue weighted by Gasteiger charge is -2.45. The average molecular weight is 419 g/mol. The molecule has 1 saturated heterocycles. The lowest BCUT2D eigenvalue weighted by atomic mass is 10.0. The zero-order chi connectivity index (χ0) is 20.5. The summed E-state index contributed by atoms with van der Waals surface area (Å²) in [7, 11) is 0. The summed E-state index contributed by atoms with van der Waals surface area (Å²) in [5.41, 5.74) is -1.13. The summed E-state index contributed by atoms with van der Waals surface area (Å²) in [5.74, 6) is -0.542. The molecule has 1 unspecified atom stereocenters. The number of aliphatic hydroxyl groups excluding tert-OH is 2. The molecular weight excluding hydrogens is 402 g/mol. The van der Waals surface area contributed by atoms with Crippen LogP contribution in [0.5, 0.6) is 5.88 Å². The zero-order valence-corrected chi connectivity index (χ0v) is 15.4. The van der Waals surface area contributed by atoms with E-state index in [1.54, 1.807) is 11.2 Å². The van der Waals surface area contributed by atoms with Crippen molar-refractivity contribution >= 4 is 17.6 Å². The van der Waals surface area contributed by atoms with E-state index in [4.69, 9.17) is 4.74 Å². The van der Waals surface area contributed by atoms with E-state index in [2.05, 4.69) is 9.97 Å². The maximum atomic E-state index is 13.2. The third kappa shape index (κ3) is 4.31. The van der Waals surface area contributed by atoms with Crippen LogP contribution in [0.15, 0.2) is 36.5 Å². The summed E-state index contributed by atoms with van der Waals surface area (Å²) < 4.78 is 57.4. The van der Waals surface area contributed by atoms with Crippen LogP contribution in [0.1, 0.15) is 5.69 Å². The van der Waals surface area contributed by atoms with E-state index < -0.39 is 41.4 Å². The van der Waals surface area contributed by atoms with Crippen molar-refractivity contribution in [2.24, 2.45) is 0 Å². The van der Waals surface area contributed by atoms with Crippen LogP contribution < -0.4 is 9.64 Å². The summed E-state index contributed by atoms with van der Waals surface area (Å²) in [6, 6.07) is 5.79. The second-order valence-corrected chi connectivity index (χ2v) is 7.07. The first kappa shape index (κ1) is 20.6. The molecule has 0 aromatic carbocycles. The van der Waals surface area contributed by atoms with Crippen molar-refractivity contribution in [3.05, 3.63) is 48.0 Å². The average Bonchev–Trinajstić information content (AvgIpc) is 2.65. The lowest BCUT2D eigenvalue weighted by Crippen LogP contribution is -2.62. The third-order valence-corrected chi connectivity index (χ3v) is 5.23. The Labute approximate surface area is 162 Å². The zero-order valence-electron chi connectivity index (χ0n) is 14.5. The summed E-state index contributed by atoms with van der Waals surface area (Å²) >= 11 is 1.24.